The largest absolute Gasteiger partial charge is 0.387 e. The van der Waals surface area contributed by atoms with Crippen molar-refractivity contribution in [3.8, 4) is 0 Å². The molecule has 0 aromatic carbocycles. The lowest BCUT2D eigenvalue weighted by Crippen LogP contribution is -2.46. The zero-order valence-corrected chi connectivity index (χ0v) is 9.16. The summed E-state index contributed by atoms with van der Waals surface area (Å²) in [6.07, 6.45) is 4.33. The Morgan fingerprint density at radius 3 is 3.31 bits per heavy atom. The van der Waals surface area contributed by atoms with Crippen molar-refractivity contribution in [2.45, 2.75) is 18.9 Å². The van der Waals surface area contributed by atoms with Crippen LogP contribution in [0.3, 0.4) is 0 Å². The molecule has 2 aliphatic heterocycles. The molecule has 2 atom stereocenters. The topological polar surface area (TPSA) is 37.0 Å². The molecule has 2 N–H and O–H groups in total. The highest BCUT2D eigenvalue weighted by Crippen LogP contribution is 2.32. The zero-order valence-electron chi connectivity index (χ0n) is 9.16. The van der Waals surface area contributed by atoms with Crippen LogP contribution in [-0.4, -0.2) is 24.1 Å². The summed E-state index contributed by atoms with van der Waals surface area (Å²) >= 11 is 0. The SMILES string of the molecule is c1cnc2c(c1)=C1NCCC1C1NCCC=21. The highest BCUT2D eigenvalue weighted by molar-refractivity contribution is 5.65. The van der Waals surface area contributed by atoms with Crippen LogP contribution in [0.5, 0.6) is 0 Å². The molecule has 0 spiro atoms. The van der Waals surface area contributed by atoms with Crippen molar-refractivity contribution in [2.75, 3.05) is 13.1 Å². The van der Waals surface area contributed by atoms with Gasteiger partial charge < -0.3 is 10.6 Å². The van der Waals surface area contributed by atoms with E-state index in [2.05, 4.69) is 21.7 Å². The molecule has 0 bridgehead atoms. The van der Waals surface area contributed by atoms with Gasteiger partial charge in [-0.15, -0.1) is 0 Å². The summed E-state index contributed by atoms with van der Waals surface area (Å²) in [5.74, 6) is 0.661. The van der Waals surface area contributed by atoms with Crippen molar-refractivity contribution in [1.82, 2.24) is 15.6 Å². The lowest BCUT2D eigenvalue weighted by atomic mass is 9.86. The lowest BCUT2D eigenvalue weighted by Gasteiger charge is -2.25. The quantitative estimate of drug-likeness (QED) is 0.600. The van der Waals surface area contributed by atoms with Crippen LogP contribution in [0, 0.1) is 5.92 Å². The fourth-order valence-electron chi connectivity index (χ4n) is 3.44. The Bertz CT molecular complexity index is 510. The van der Waals surface area contributed by atoms with Crippen molar-refractivity contribution < 1.29 is 0 Å². The predicted molar refractivity (Wildman–Crippen MR) is 62.8 cm³/mol. The van der Waals surface area contributed by atoms with E-state index in [1.165, 1.54) is 34.7 Å². The zero-order chi connectivity index (χ0) is 10.5. The van der Waals surface area contributed by atoms with Crippen molar-refractivity contribution >= 4 is 11.3 Å². The molecule has 4 rings (SSSR count). The van der Waals surface area contributed by atoms with Crippen LogP contribution < -0.4 is 21.2 Å². The highest BCUT2D eigenvalue weighted by Gasteiger charge is 2.37. The van der Waals surface area contributed by atoms with Gasteiger partial charge in [0.15, 0.2) is 0 Å². The number of nitrogens with one attached hydrogen (secondary N) is 2. The first-order valence-corrected chi connectivity index (χ1v) is 6.11. The van der Waals surface area contributed by atoms with Gasteiger partial charge in [0.1, 0.15) is 0 Å². The van der Waals surface area contributed by atoms with E-state index in [1.54, 1.807) is 0 Å². The van der Waals surface area contributed by atoms with Crippen LogP contribution in [-0.2, 0) is 0 Å². The summed E-state index contributed by atoms with van der Waals surface area (Å²) in [5, 5.41) is 9.77. The van der Waals surface area contributed by atoms with Crippen molar-refractivity contribution in [2.24, 2.45) is 5.92 Å². The Labute approximate surface area is 94.3 Å². The third-order valence-corrected chi connectivity index (χ3v) is 4.08. The van der Waals surface area contributed by atoms with Crippen LogP contribution in [0.2, 0.25) is 0 Å². The van der Waals surface area contributed by atoms with E-state index in [4.69, 9.17) is 0 Å². The number of aromatic nitrogens is 1. The standard InChI is InChI=1S/C13H15N3/c1-2-8-11(14-5-1)9-3-7-16-13(9)10-4-6-15-12(8)10/h1-2,5,10,13,15-16H,3-4,6-7H2. The van der Waals surface area contributed by atoms with Crippen LogP contribution in [0.4, 0.5) is 0 Å². The molecule has 2 fully saturated rings. The van der Waals surface area contributed by atoms with E-state index in [0.29, 0.717) is 12.0 Å². The Morgan fingerprint density at radius 1 is 1.31 bits per heavy atom. The maximum atomic E-state index is 4.58. The number of hydrogen-bond donors (Lipinski definition) is 2. The average Bonchev–Trinajstić information content (AvgIpc) is 2.98. The molecule has 3 aliphatic rings. The Morgan fingerprint density at radius 2 is 2.31 bits per heavy atom. The van der Waals surface area contributed by atoms with E-state index in [9.17, 15) is 0 Å². The highest BCUT2D eigenvalue weighted by atomic mass is 15.0. The van der Waals surface area contributed by atoms with E-state index >= 15 is 0 Å². The van der Waals surface area contributed by atoms with Gasteiger partial charge in [0.2, 0.25) is 0 Å². The predicted octanol–water partition coefficient (Wildman–Crippen LogP) is -0.674. The summed E-state index contributed by atoms with van der Waals surface area (Å²) < 4.78 is 0. The van der Waals surface area contributed by atoms with Gasteiger partial charge >= 0.3 is 0 Å². The van der Waals surface area contributed by atoms with Gasteiger partial charge in [0.05, 0.1) is 5.35 Å². The van der Waals surface area contributed by atoms with Crippen molar-refractivity contribution in [1.29, 1.82) is 0 Å². The van der Waals surface area contributed by atoms with Gasteiger partial charge in [0, 0.05) is 35.6 Å². The minimum absolute atomic E-state index is 0.549. The van der Waals surface area contributed by atoms with E-state index < -0.39 is 0 Å². The van der Waals surface area contributed by atoms with E-state index in [-0.39, 0.29) is 0 Å². The van der Waals surface area contributed by atoms with Gasteiger partial charge in [-0.05, 0) is 37.1 Å². The molecule has 3 nitrogen and oxygen atoms in total. The van der Waals surface area contributed by atoms with Crippen molar-refractivity contribution in [3.05, 3.63) is 28.9 Å². The average molecular weight is 213 g/mol. The molecule has 2 saturated heterocycles. The summed E-state index contributed by atoms with van der Waals surface area (Å²) in [4.78, 5) is 4.58. The summed E-state index contributed by atoms with van der Waals surface area (Å²) in [6, 6.07) is 4.81. The molecule has 0 saturated carbocycles. The number of hydrogen-bond acceptors (Lipinski definition) is 3. The Hall–Kier alpha value is -1.35. The summed E-state index contributed by atoms with van der Waals surface area (Å²) in [7, 11) is 0. The van der Waals surface area contributed by atoms with E-state index in [0.717, 1.165) is 13.1 Å². The molecule has 2 unspecified atom stereocenters. The molecule has 0 radical (unpaired) electrons. The van der Waals surface area contributed by atoms with Crippen LogP contribution >= 0.6 is 0 Å². The van der Waals surface area contributed by atoms with Gasteiger partial charge in [-0.3, -0.25) is 4.98 Å². The second kappa shape index (κ2) is 3.08. The third kappa shape index (κ3) is 0.990. The lowest BCUT2D eigenvalue weighted by molar-refractivity contribution is 0.535. The fourth-order valence-corrected chi connectivity index (χ4v) is 3.44. The first-order chi connectivity index (χ1) is 7.95. The van der Waals surface area contributed by atoms with Gasteiger partial charge in [0.25, 0.3) is 0 Å². The number of fused-ring (bicyclic) bond motifs is 4. The maximum Gasteiger partial charge on any atom is 0.0727 e. The summed E-state index contributed by atoms with van der Waals surface area (Å²) in [6.45, 7) is 2.22. The molecule has 82 valence electrons. The first-order valence-electron chi connectivity index (χ1n) is 6.11. The Kier molecular flexibility index (Phi) is 1.68. The van der Waals surface area contributed by atoms with Crippen molar-refractivity contribution in [3.63, 3.8) is 0 Å². The molecule has 1 aliphatic carbocycles. The number of nitrogens with zero attached hydrogens (tertiary/aromatic N) is 1. The molecule has 3 heterocycles. The Balaban J connectivity index is 2.14. The third-order valence-electron chi connectivity index (χ3n) is 4.08. The molecule has 16 heavy (non-hydrogen) atoms. The van der Waals surface area contributed by atoms with Crippen LogP contribution in [0.25, 0.3) is 11.3 Å². The van der Waals surface area contributed by atoms with Gasteiger partial charge in [-0.25, -0.2) is 0 Å². The minimum atomic E-state index is 0.549. The molecule has 1 aromatic heterocycles. The van der Waals surface area contributed by atoms with E-state index in [1.807, 2.05) is 12.3 Å². The summed E-state index contributed by atoms with van der Waals surface area (Å²) in [5.41, 5.74) is 2.96. The maximum absolute atomic E-state index is 4.58. The van der Waals surface area contributed by atoms with Gasteiger partial charge in [-0.1, -0.05) is 0 Å². The first kappa shape index (κ1) is 8.76. The van der Waals surface area contributed by atoms with Crippen LogP contribution in [0.15, 0.2) is 18.3 Å². The molecule has 3 heteroatoms. The molecular weight excluding hydrogens is 198 g/mol. The number of pyridine rings is 1. The molecule has 0 amide bonds. The number of rotatable bonds is 0. The second-order valence-corrected chi connectivity index (χ2v) is 4.84. The smallest absolute Gasteiger partial charge is 0.0727 e. The molecule has 1 aromatic rings. The minimum Gasteiger partial charge on any atom is -0.387 e. The van der Waals surface area contributed by atoms with Gasteiger partial charge in [-0.2, -0.15) is 0 Å². The monoisotopic (exact) mass is 213 g/mol. The second-order valence-electron chi connectivity index (χ2n) is 4.84. The fraction of sp³-hybridized carbons (Fsp3) is 0.462. The van der Waals surface area contributed by atoms with Crippen LogP contribution in [0.1, 0.15) is 12.8 Å². The normalized spacial score (nSPS) is 30.8. The molecular formula is C13H15N3.